The standard InChI is InChI=1S/C15H25NO5/c1-10-6-7-16(14(19)21-15(2,3)4)11(8-10)9-12(17)13(18)20-5/h10-11H,6-9H2,1-5H3. The molecule has 6 heteroatoms. The minimum atomic E-state index is -0.864. The smallest absolute Gasteiger partial charge is 0.410 e. The Labute approximate surface area is 125 Å². The Morgan fingerprint density at radius 3 is 2.38 bits per heavy atom. The summed E-state index contributed by atoms with van der Waals surface area (Å²) in [5.74, 6) is -1.07. The summed E-state index contributed by atoms with van der Waals surface area (Å²) in [6.45, 7) is 8.00. The molecule has 0 aliphatic carbocycles. The molecule has 1 aliphatic heterocycles. The molecular formula is C15H25NO5. The Morgan fingerprint density at radius 2 is 1.86 bits per heavy atom. The fraction of sp³-hybridized carbons (Fsp3) is 0.800. The van der Waals surface area contributed by atoms with Gasteiger partial charge in [0, 0.05) is 19.0 Å². The van der Waals surface area contributed by atoms with E-state index in [9.17, 15) is 14.4 Å². The predicted octanol–water partition coefficient (Wildman–Crippen LogP) is 2.15. The molecule has 21 heavy (non-hydrogen) atoms. The first-order chi connectivity index (χ1) is 9.64. The molecule has 1 rings (SSSR count). The number of nitrogens with zero attached hydrogens (tertiary/aromatic N) is 1. The van der Waals surface area contributed by atoms with E-state index in [-0.39, 0.29) is 12.5 Å². The van der Waals surface area contributed by atoms with Crippen molar-refractivity contribution in [2.45, 2.75) is 58.6 Å². The van der Waals surface area contributed by atoms with Crippen LogP contribution >= 0.6 is 0 Å². The maximum absolute atomic E-state index is 12.2. The van der Waals surface area contributed by atoms with Crippen LogP contribution in [0.15, 0.2) is 0 Å². The normalized spacial score (nSPS) is 22.6. The van der Waals surface area contributed by atoms with Gasteiger partial charge >= 0.3 is 12.1 Å². The van der Waals surface area contributed by atoms with Gasteiger partial charge in [-0.2, -0.15) is 0 Å². The van der Waals surface area contributed by atoms with Gasteiger partial charge in [-0.25, -0.2) is 9.59 Å². The second-order valence-corrected chi connectivity index (χ2v) is 6.58. The number of hydrogen-bond donors (Lipinski definition) is 0. The molecular weight excluding hydrogens is 274 g/mol. The number of Topliss-reactive ketones (excluding diaryl/α,β-unsaturated/α-hetero) is 1. The first-order valence-electron chi connectivity index (χ1n) is 7.24. The van der Waals surface area contributed by atoms with Crippen LogP contribution in [0.3, 0.4) is 0 Å². The Balaban J connectivity index is 2.77. The SMILES string of the molecule is COC(=O)C(=O)CC1CC(C)CCN1C(=O)OC(C)(C)C. The molecule has 0 bridgehead atoms. The average Bonchev–Trinajstić information content (AvgIpc) is 2.35. The number of carbonyl (C=O) groups is 3. The number of piperidine rings is 1. The number of hydrogen-bond acceptors (Lipinski definition) is 5. The van der Waals surface area contributed by atoms with Crippen LogP contribution in [0.2, 0.25) is 0 Å². The fourth-order valence-corrected chi connectivity index (χ4v) is 2.42. The molecule has 1 aliphatic rings. The highest BCUT2D eigenvalue weighted by molar-refractivity contribution is 6.33. The first-order valence-corrected chi connectivity index (χ1v) is 7.24. The van der Waals surface area contributed by atoms with Gasteiger partial charge in [-0.15, -0.1) is 0 Å². The van der Waals surface area contributed by atoms with Crippen LogP contribution in [0.25, 0.3) is 0 Å². The van der Waals surface area contributed by atoms with E-state index in [1.54, 1.807) is 25.7 Å². The topological polar surface area (TPSA) is 72.9 Å². The van der Waals surface area contributed by atoms with Crippen LogP contribution in [0.1, 0.15) is 47.0 Å². The maximum atomic E-state index is 12.2. The van der Waals surface area contributed by atoms with Crippen molar-refractivity contribution in [2.24, 2.45) is 5.92 Å². The molecule has 120 valence electrons. The summed E-state index contributed by atoms with van der Waals surface area (Å²) in [6, 6.07) is -0.310. The summed E-state index contributed by atoms with van der Waals surface area (Å²) in [6.07, 6.45) is 1.09. The molecule has 2 unspecified atom stereocenters. The van der Waals surface area contributed by atoms with Gasteiger partial charge in [0.25, 0.3) is 0 Å². The van der Waals surface area contributed by atoms with Gasteiger partial charge < -0.3 is 14.4 Å². The van der Waals surface area contributed by atoms with Crippen molar-refractivity contribution in [3.05, 3.63) is 0 Å². The molecule has 1 heterocycles. The van der Waals surface area contributed by atoms with Crippen molar-refractivity contribution >= 4 is 17.8 Å². The summed E-state index contributed by atoms with van der Waals surface area (Å²) in [4.78, 5) is 36.8. The second kappa shape index (κ2) is 6.91. The van der Waals surface area contributed by atoms with E-state index in [4.69, 9.17) is 4.74 Å². The number of likely N-dealkylation sites (tertiary alicyclic amines) is 1. The minimum absolute atomic E-state index is 0.0176. The summed E-state index contributed by atoms with van der Waals surface area (Å²) in [5.41, 5.74) is -0.586. The molecule has 0 aromatic heterocycles. The van der Waals surface area contributed by atoms with Gasteiger partial charge in [0.1, 0.15) is 5.60 Å². The van der Waals surface area contributed by atoms with Crippen LogP contribution in [-0.2, 0) is 19.1 Å². The largest absolute Gasteiger partial charge is 0.463 e. The van der Waals surface area contributed by atoms with E-state index in [1.165, 1.54) is 7.11 Å². The molecule has 2 atom stereocenters. The highest BCUT2D eigenvalue weighted by atomic mass is 16.6. The molecule has 0 aromatic rings. The number of methoxy groups -OCH3 is 1. The summed E-state index contributed by atoms with van der Waals surface area (Å²) in [5, 5.41) is 0. The Hall–Kier alpha value is -1.59. The zero-order chi connectivity index (χ0) is 16.2. The summed E-state index contributed by atoms with van der Waals surface area (Å²) in [7, 11) is 1.18. The van der Waals surface area contributed by atoms with Gasteiger partial charge in [-0.3, -0.25) is 4.79 Å². The minimum Gasteiger partial charge on any atom is -0.463 e. The van der Waals surface area contributed by atoms with Crippen molar-refractivity contribution < 1.29 is 23.9 Å². The van der Waals surface area contributed by atoms with E-state index < -0.39 is 23.4 Å². The maximum Gasteiger partial charge on any atom is 0.410 e. The Bertz CT molecular complexity index is 413. The van der Waals surface area contributed by atoms with Gasteiger partial charge in [0.05, 0.1) is 7.11 Å². The molecule has 0 spiro atoms. The van der Waals surface area contributed by atoms with Crippen molar-refractivity contribution in [3.63, 3.8) is 0 Å². The quantitative estimate of drug-likeness (QED) is 0.590. The van der Waals surface area contributed by atoms with Crippen molar-refractivity contribution in [3.8, 4) is 0 Å². The monoisotopic (exact) mass is 299 g/mol. The lowest BCUT2D eigenvalue weighted by Crippen LogP contribution is -2.49. The van der Waals surface area contributed by atoms with Crippen LogP contribution in [-0.4, -0.2) is 48.0 Å². The van der Waals surface area contributed by atoms with Crippen LogP contribution < -0.4 is 0 Å². The molecule has 0 radical (unpaired) electrons. The van der Waals surface area contributed by atoms with E-state index in [2.05, 4.69) is 11.7 Å². The van der Waals surface area contributed by atoms with Crippen LogP contribution in [0.4, 0.5) is 4.79 Å². The van der Waals surface area contributed by atoms with Crippen LogP contribution in [0.5, 0.6) is 0 Å². The first kappa shape index (κ1) is 17.5. The number of rotatable bonds is 3. The van der Waals surface area contributed by atoms with E-state index >= 15 is 0 Å². The van der Waals surface area contributed by atoms with Crippen LogP contribution in [0, 0.1) is 5.92 Å². The summed E-state index contributed by atoms with van der Waals surface area (Å²) < 4.78 is 9.80. The van der Waals surface area contributed by atoms with Crippen molar-refractivity contribution in [1.82, 2.24) is 4.90 Å². The van der Waals surface area contributed by atoms with E-state index in [1.807, 2.05) is 0 Å². The third-order valence-electron chi connectivity index (χ3n) is 3.44. The molecule has 0 saturated carbocycles. The zero-order valence-corrected chi connectivity index (χ0v) is 13.5. The second-order valence-electron chi connectivity index (χ2n) is 6.58. The molecule has 0 aromatic carbocycles. The highest BCUT2D eigenvalue weighted by Gasteiger charge is 2.35. The molecule has 1 fully saturated rings. The number of ketones is 1. The summed E-state index contributed by atoms with van der Waals surface area (Å²) >= 11 is 0. The third-order valence-corrected chi connectivity index (χ3v) is 3.44. The van der Waals surface area contributed by atoms with Gasteiger partial charge in [-0.1, -0.05) is 6.92 Å². The zero-order valence-electron chi connectivity index (χ0n) is 13.5. The van der Waals surface area contributed by atoms with Crippen molar-refractivity contribution in [1.29, 1.82) is 0 Å². The van der Waals surface area contributed by atoms with Crippen molar-refractivity contribution in [2.75, 3.05) is 13.7 Å². The van der Waals surface area contributed by atoms with E-state index in [0.29, 0.717) is 18.9 Å². The van der Waals surface area contributed by atoms with Gasteiger partial charge in [0.2, 0.25) is 5.78 Å². The Kier molecular flexibility index (Phi) is 5.75. The van der Waals surface area contributed by atoms with E-state index in [0.717, 1.165) is 6.42 Å². The number of ether oxygens (including phenoxy) is 2. The Morgan fingerprint density at radius 1 is 1.24 bits per heavy atom. The molecule has 0 N–H and O–H groups in total. The number of esters is 1. The number of carbonyl (C=O) groups excluding carboxylic acids is 3. The predicted molar refractivity (Wildman–Crippen MR) is 76.8 cm³/mol. The third kappa shape index (κ3) is 5.36. The lowest BCUT2D eigenvalue weighted by atomic mass is 9.90. The molecule has 1 amide bonds. The lowest BCUT2D eigenvalue weighted by molar-refractivity contribution is -0.152. The average molecular weight is 299 g/mol. The lowest BCUT2D eigenvalue weighted by Gasteiger charge is -2.38. The molecule has 1 saturated heterocycles. The van der Waals surface area contributed by atoms with Gasteiger partial charge in [0.15, 0.2) is 0 Å². The molecule has 6 nitrogen and oxygen atoms in total. The van der Waals surface area contributed by atoms with Gasteiger partial charge in [-0.05, 0) is 39.5 Å². The highest BCUT2D eigenvalue weighted by Crippen LogP contribution is 2.26. The number of amides is 1. The fourth-order valence-electron chi connectivity index (χ4n) is 2.42.